The lowest BCUT2D eigenvalue weighted by molar-refractivity contribution is -0.249. The van der Waals surface area contributed by atoms with Crippen molar-refractivity contribution >= 4 is 16.2 Å². The number of alkyl halides is 5. The molecule has 1 fully saturated rings. The van der Waals surface area contributed by atoms with Crippen LogP contribution in [-0.4, -0.2) is 67.8 Å². The Bertz CT molecular complexity index is 486. The van der Waals surface area contributed by atoms with Crippen molar-refractivity contribution in [1.82, 2.24) is 4.90 Å². The lowest BCUT2D eigenvalue weighted by Gasteiger charge is -2.30. The fourth-order valence-electron chi connectivity index (χ4n) is 1.38. The largest absolute Gasteiger partial charge is 0.432 e. The van der Waals surface area contributed by atoms with Crippen molar-refractivity contribution < 1.29 is 49.2 Å². The number of amides is 1. The lowest BCUT2D eigenvalue weighted by Crippen LogP contribution is -2.54. The van der Waals surface area contributed by atoms with Crippen LogP contribution in [0, 0.1) is 0 Å². The maximum Gasteiger partial charge on any atom is 0.432 e. The van der Waals surface area contributed by atoms with Crippen LogP contribution in [0.1, 0.15) is 0 Å². The first-order chi connectivity index (χ1) is 9.37. The number of halogens is 5. The Morgan fingerprint density at radius 2 is 1.67 bits per heavy atom. The first-order valence-electron chi connectivity index (χ1n) is 5.32. The van der Waals surface area contributed by atoms with Gasteiger partial charge in [0, 0.05) is 13.1 Å². The van der Waals surface area contributed by atoms with E-state index in [1.54, 1.807) is 0 Å². The molecule has 0 aliphatic carbocycles. The highest BCUT2D eigenvalue weighted by atomic mass is 32.2. The zero-order chi connectivity index (χ0) is 16.5. The molecule has 0 bridgehead atoms. The SMILES string of the molecule is O=C(OC(C(F)(F)F)C(F)(F)S(=O)(=O)O)N1CCOCC1. The topological polar surface area (TPSA) is 93.1 Å². The van der Waals surface area contributed by atoms with Gasteiger partial charge in [0.25, 0.3) is 6.10 Å². The number of morpholine rings is 1. The van der Waals surface area contributed by atoms with Crippen LogP contribution in [0.25, 0.3) is 0 Å². The van der Waals surface area contributed by atoms with Crippen LogP contribution in [-0.2, 0) is 19.6 Å². The van der Waals surface area contributed by atoms with E-state index in [-0.39, 0.29) is 26.3 Å². The van der Waals surface area contributed by atoms with Crippen LogP contribution < -0.4 is 0 Å². The van der Waals surface area contributed by atoms with Crippen molar-refractivity contribution in [3.63, 3.8) is 0 Å². The Hall–Kier alpha value is -1.21. The maximum absolute atomic E-state index is 13.1. The molecule has 0 aromatic carbocycles. The molecule has 1 aliphatic rings. The van der Waals surface area contributed by atoms with Crippen LogP contribution >= 0.6 is 0 Å². The minimum Gasteiger partial charge on any atom is -0.428 e. The van der Waals surface area contributed by atoms with E-state index in [1.807, 2.05) is 0 Å². The number of carbonyl (C=O) groups excluding carboxylic acids is 1. The molecule has 1 saturated heterocycles. The zero-order valence-corrected chi connectivity index (χ0v) is 11.0. The van der Waals surface area contributed by atoms with Crippen molar-refractivity contribution in [1.29, 1.82) is 0 Å². The summed E-state index contributed by atoms with van der Waals surface area (Å²) in [6.45, 7) is -0.497. The molecule has 1 aliphatic heterocycles. The van der Waals surface area contributed by atoms with E-state index in [4.69, 9.17) is 9.29 Å². The number of hydrogen-bond donors (Lipinski definition) is 1. The quantitative estimate of drug-likeness (QED) is 0.604. The van der Waals surface area contributed by atoms with Gasteiger partial charge in [0.2, 0.25) is 0 Å². The van der Waals surface area contributed by atoms with Gasteiger partial charge >= 0.3 is 27.6 Å². The van der Waals surface area contributed by atoms with Gasteiger partial charge in [0.1, 0.15) is 0 Å². The van der Waals surface area contributed by atoms with E-state index in [0.29, 0.717) is 4.90 Å². The number of hydrogen-bond acceptors (Lipinski definition) is 5. The normalized spacial score (nSPS) is 19.2. The Morgan fingerprint density at radius 3 is 2.05 bits per heavy atom. The highest BCUT2D eigenvalue weighted by Gasteiger charge is 2.66. The summed E-state index contributed by atoms with van der Waals surface area (Å²) < 4.78 is 101. The van der Waals surface area contributed by atoms with Gasteiger partial charge in [0.05, 0.1) is 13.2 Å². The monoisotopic (exact) mass is 343 g/mol. The minimum absolute atomic E-state index is 0.0412. The standard InChI is InChI=1S/C8H10F5NO6S/c9-7(10,11)5(8(12,13)21(16,17)18)20-6(15)14-1-3-19-4-2-14/h5H,1-4H2,(H,16,17,18). The number of ether oxygens (including phenoxy) is 2. The number of rotatable bonds is 3. The van der Waals surface area contributed by atoms with E-state index in [2.05, 4.69) is 4.74 Å². The second-order valence-corrected chi connectivity index (χ2v) is 5.44. The summed E-state index contributed by atoms with van der Waals surface area (Å²) in [7, 11) is -6.43. The van der Waals surface area contributed by atoms with Gasteiger partial charge in [0.15, 0.2) is 0 Å². The second-order valence-electron chi connectivity index (χ2n) is 3.94. The molecule has 1 N–H and O–H groups in total. The molecule has 21 heavy (non-hydrogen) atoms. The molecule has 7 nitrogen and oxygen atoms in total. The average molecular weight is 343 g/mol. The zero-order valence-electron chi connectivity index (χ0n) is 10.1. The van der Waals surface area contributed by atoms with Gasteiger partial charge in [-0.05, 0) is 0 Å². The van der Waals surface area contributed by atoms with Gasteiger partial charge < -0.3 is 14.4 Å². The molecule has 1 rings (SSSR count). The molecule has 13 heteroatoms. The molecule has 1 amide bonds. The second kappa shape index (κ2) is 5.88. The van der Waals surface area contributed by atoms with Crippen molar-refractivity contribution in [2.45, 2.75) is 17.5 Å². The summed E-state index contributed by atoms with van der Waals surface area (Å²) in [5, 5.41) is -5.73. The molecular weight excluding hydrogens is 333 g/mol. The van der Waals surface area contributed by atoms with Crippen LogP contribution in [0.15, 0.2) is 0 Å². The molecule has 1 atom stereocenters. The summed E-state index contributed by atoms with van der Waals surface area (Å²) in [4.78, 5) is 12.0. The molecule has 1 unspecified atom stereocenters. The Kier molecular flexibility index (Phi) is 5.00. The fourth-order valence-corrected chi connectivity index (χ4v) is 1.83. The van der Waals surface area contributed by atoms with Gasteiger partial charge in [-0.1, -0.05) is 0 Å². The van der Waals surface area contributed by atoms with E-state index >= 15 is 0 Å². The summed E-state index contributed by atoms with van der Waals surface area (Å²) in [5.41, 5.74) is 0. The van der Waals surface area contributed by atoms with Crippen LogP contribution in [0.5, 0.6) is 0 Å². The van der Waals surface area contributed by atoms with Gasteiger partial charge in [-0.25, -0.2) is 4.79 Å². The highest BCUT2D eigenvalue weighted by molar-refractivity contribution is 7.86. The number of nitrogens with zero attached hydrogens (tertiary/aromatic N) is 1. The first kappa shape index (κ1) is 17.8. The molecular formula is C8H10F5NO6S. The van der Waals surface area contributed by atoms with Gasteiger partial charge in [-0.2, -0.15) is 30.4 Å². The van der Waals surface area contributed by atoms with E-state index in [9.17, 15) is 35.2 Å². The van der Waals surface area contributed by atoms with Crippen LogP contribution in [0.4, 0.5) is 26.7 Å². The fraction of sp³-hybridized carbons (Fsp3) is 0.875. The third kappa shape index (κ3) is 4.14. The first-order valence-corrected chi connectivity index (χ1v) is 6.76. The van der Waals surface area contributed by atoms with Crippen molar-refractivity contribution in [3.8, 4) is 0 Å². The van der Waals surface area contributed by atoms with Crippen LogP contribution in [0.3, 0.4) is 0 Å². The smallest absolute Gasteiger partial charge is 0.428 e. The molecule has 124 valence electrons. The molecule has 0 saturated carbocycles. The third-order valence-electron chi connectivity index (χ3n) is 2.43. The summed E-state index contributed by atoms with van der Waals surface area (Å²) in [6.07, 6.45) is -12.0. The minimum atomic E-state index is -6.43. The molecule has 1 heterocycles. The average Bonchev–Trinajstić information content (AvgIpc) is 2.33. The van der Waals surface area contributed by atoms with Gasteiger partial charge in [-0.15, -0.1) is 0 Å². The highest BCUT2D eigenvalue weighted by Crippen LogP contribution is 2.38. The summed E-state index contributed by atoms with van der Waals surface area (Å²) in [6, 6.07) is 0. The predicted molar refractivity (Wildman–Crippen MR) is 55.2 cm³/mol. The summed E-state index contributed by atoms with van der Waals surface area (Å²) in [5.74, 6) is 0. The third-order valence-corrected chi connectivity index (χ3v) is 3.34. The molecule has 0 aromatic rings. The molecule has 0 radical (unpaired) electrons. The predicted octanol–water partition coefficient (Wildman–Crippen LogP) is 0.867. The maximum atomic E-state index is 13.1. The Balaban J connectivity index is 2.97. The lowest BCUT2D eigenvalue weighted by atomic mass is 10.3. The van der Waals surface area contributed by atoms with E-state index in [1.165, 1.54) is 0 Å². The van der Waals surface area contributed by atoms with Crippen molar-refractivity contribution in [2.24, 2.45) is 0 Å². The van der Waals surface area contributed by atoms with E-state index < -0.39 is 33.7 Å². The van der Waals surface area contributed by atoms with Crippen molar-refractivity contribution in [3.05, 3.63) is 0 Å². The summed E-state index contributed by atoms with van der Waals surface area (Å²) >= 11 is 0. The Labute approximate surface area is 115 Å². The van der Waals surface area contributed by atoms with E-state index in [0.717, 1.165) is 0 Å². The number of carbonyl (C=O) groups is 1. The van der Waals surface area contributed by atoms with Crippen LogP contribution in [0.2, 0.25) is 0 Å². The molecule has 0 aromatic heterocycles. The van der Waals surface area contributed by atoms with Gasteiger partial charge in [-0.3, -0.25) is 4.55 Å². The Morgan fingerprint density at radius 1 is 1.19 bits per heavy atom. The van der Waals surface area contributed by atoms with Crippen molar-refractivity contribution in [2.75, 3.05) is 26.3 Å². The molecule has 0 spiro atoms.